The van der Waals surface area contributed by atoms with Gasteiger partial charge in [0, 0.05) is 19.1 Å². The van der Waals surface area contributed by atoms with Gasteiger partial charge in [-0.3, -0.25) is 4.79 Å². The molecule has 2 rings (SSSR count). The molecule has 3 heteroatoms. The van der Waals surface area contributed by atoms with E-state index in [2.05, 4.69) is 50.4 Å². The van der Waals surface area contributed by atoms with Crippen molar-refractivity contribution in [1.29, 1.82) is 0 Å². The second-order valence-corrected chi connectivity index (χ2v) is 7.39. The second kappa shape index (κ2) is 7.77. The number of amides is 1. The zero-order valence-corrected chi connectivity index (χ0v) is 14.3. The summed E-state index contributed by atoms with van der Waals surface area (Å²) < 4.78 is 0. The van der Waals surface area contributed by atoms with Crippen LogP contribution in [0.4, 0.5) is 0 Å². The number of carbonyl (C=O) groups is 1. The molecular weight excluding hydrogens is 272 g/mol. The highest BCUT2D eigenvalue weighted by molar-refractivity contribution is 5.78. The maximum atomic E-state index is 12.5. The fraction of sp³-hybridized carbons (Fsp3) is 0.632. The average Bonchev–Trinajstić information content (AvgIpc) is 2.76. The minimum Gasteiger partial charge on any atom is -0.342 e. The lowest BCUT2D eigenvalue weighted by atomic mass is 9.82. The zero-order valence-electron chi connectivity index (χ0n) is 14.3. The normalized spacial score (nSPS) is 17.9. The van der Waals surface area contributed by atoms with Gasteiger partial charge in [0.2, 0.25) is 5.91 Å². The van der Waals surface area contributed by atoms with Gasteiger partial charge in [-0.1, -0.05) is 63.9 Å². The second-order valence-electron chi connectivity index (χ2n) is 7.39. The Bertz CT molecular complexity index is 456. The molecule has 0 radical (unpaired) electrons. The molecular formula is C19H30N2O. The summed E-state index contributed by atoms with van der Waals surface area (Å²) in [6, 6.07) is 10.6. The van der Waals surface area contributed by atoms with Crippen LogP contribution in [0.2, 0.25) is 0 Å². The van der Waals surface area contributed by atoms with Gasteiger partial charge >= 0.3 is 0 Å². The van der Waals surface area contributed by atoms with Gasteiger partial charge in [-0.05, 0) is 23.8 Å². The Morgan fingerprint density at radius 1 is 1.09 bits per heavy atom. The number of benzene rings is 1. The molecule has 0 spiro atoms. The highest BCUT2D eigenvalue weighted by Crippen LogP contribution is 2.32. The van der Waals surface area contributed by atoms with Gasteiger partial charge in [-0.25, -0.2) is 0 Å². The molecule has 1 unspecified atom stereocenters. The van der Waals surface area contributed by atoms with E-state index in [1.807, 2.05) is 11.0 Å². The van der Waals surface area contributed by atoms with E-state index in [0.717, 1.165) is 25.9 Å². The lowest BCUT2D eigenvalue weighted by molar-refractivity contribution is -0.130. The van der Waals surface area contributed by atoms with E-state index in [9.17, 15) is 4.79 Å². The average molecular weight is 302 g/mol. The van der Waals surface area contributed by atoms with E-state index in [-0.39, 0.29) is 17.4 Å². The van der Waals surface area contributed by atoms with Gasteiger partial charge in [-0.2, -0.15) is 0 Å². The highest BCUT2D eigenvalue weighted by atomic mass is 16.2. The minimum atomic E-state index is 0.0699. The largest absolute Gasteiger partial charge is 0.342 e. The predicted molar refractivity (Wildman–Crippen MR) is 91.7 cm³/mol. The molecule has 0 aliphatic carbocycles. The summed E-state index contributed by atoms with van der Waals surface area (Å²) in [4.78, 5) is 14.5. The van der Waals surface area contributed by atoms with Crippen LogP contribution in [-0.4, -0.2) is 30.4 Å². The van der Waals surface area contributed by atoms with Crippen molar-refractivity contribution < 1.29 is 4.79 Å². The minimum absolute atomic E-state index is 0.0699. The van der Waals surface area contributed by atoms with E-state index >= 15 is 0 Å². The van der Waals surface area contributed by atoms with Crippen LogP contribution < -0.4 is 5.32 Å². The van der Waals surface area contributed by atoms with Crippen LogP contribution in [-0.2, 0) is 4.79 Å². The van der Waals surface area contributed by atoms with E-state index in [4.69, 9.17) is 0 Å². The molecule has 1 saturated heterocycles. The van der Waals surface area contributed by atoms with Crippen molar-refractivity contribution in [1.82, 2.24) is 10.2 Å². The molecule has 1 atom stereocenters. The van der Waals surface area contributed by atoms with Gasteiger partial charge in [0.25, 0.3) is 0 Å². The standard InChI is InChI=1S/C19H30N2O/c1-19(2,3)18(16-11-7-6-8-12-16)20-15-17(22)21-13-9-4-5-10-14-21/h6-8,11-12,18,20H,4-5,9-10,13-15H2,1-3H3. The van der Waals surface area contributed by atoms with Crippen molar-refractivity contribution in [3.8, 4) is 0 Å². The Hall–Kier alpha value is -1.35. The lowest BCUT2D eigenvalue weighted by Gasteiger charge is -2.33. The van der Waals surface area contributed by atoms with Crippen molar-refractivity contribution in [3.63, 3.8) is 0 Å². The molecule has 22 heavy (non-hydrogen) atoms. The number of nitrogens with one attached hydrogen (secondary N) is 1. The Balaban J connectivity index is 1.98. The maximum Gasteiger partial charge on any atom is 0.236 e. The first-order valence-electron chi connectivity index (χ1n) is 8.54. The molecule has 1 aliphatic heterocycles. The van der Waals surface area contributed by atoms with Crippen molar-refractivity contribution >= 4 is 5.91 Å². The first-order valence-corrected chi connectivity index (χ1v) is 8.54. The SMILES string of the molecule is CC(C)(C)C(NCC(=O)N1CCCCCC1)c1ccccc1. The summed E-state index contributed by atoms with van der Waals surface area (Å²) in [5, 5.41) is 3.50. The number of carbonyl (C=O) groups excluding carboxylic acids is 1. The van der Waals surface area contributed by atoms with Crippen LogP contribution in [0.5, 0.6) is 0 Å². The van der Waals surface area contributed by atoms with E-state index in [0.29, 0.717) is 6.54 Å². The molecule has 0 saturated carbocycles. The van der Waals surface area contributed by atoms with E-state index < -0.39 is 0 Å². The van der Waals surface area contributed by atoms with Gasteiger partial charge in [0.15, 0.2) is 0 Å². The zero-order chi connectivity index (χ0) is 16.0. The fourth-order valence-corrected chi connectivity index (χ4v) is 3.19. The van der Waals surface area contributed by atoms with Crippen LogP contribution in [0.25, 0.3) is 0 Å². The first kappa shape index (κ1) is 17.0. The number of hydrogen-bond donors (Lipinski definition) is 1. The molecule has 1 aliphatic rings. The lowest BCUT2D eigenvalue weighted by Crippen LogP contribution is -2.42. The fourth-order valence-electron chi connectivity index (χ4n) is 3.19. The van der Waals surface area contributed by atoms with Crippen molar-refractivity contribution in [2.75, 3.05) is 19.6 Å². The Morgan fingerprint density at radius 2 is 1.68 bits per heavy atom. The van der Waals surface area contributed by atoms with Gasteiger partial charge in [0.1, 0.15) is 0 Å². The molecule has 0 aromatic heterocycles. The number of nitrogens with zero attached hydrogens (tertiary/aromatic N) is 1. The van der Waals surface area contributed by atoms with Gasteiger partial charge in [0.05, 0.1) is 6.54 Å². The van der Waals surface area contributed by atoms with Gasteiger partial charge < -0.3 is 10.2 Å². The molecule has 1 amide bonds. The first-order chi connectivity index (χ1) is 10.5. The summed E-state index contributed by atoms with van der Waals surface area (Å²) in [6.07, 6.45) is 4.80. The number of hydrogen-bond acceptors (Lipinski definition) is 2. The highest BCUT2D eigenvalue weighted by Gasteiger charge is 2.27. The molecule has 1 heterocycles. The van der Waals surface area contributed by atoms with Crippen LogP contribution in [0.1, 0.15) is 58.1 Å². The topological polar surface area (TPSA) is 32.3 Å². The maximum absolute atomic E-state index is 12.5. The summed E-state index contributed by atoms with van der Waals surface area (Å²) in [7, 11) is 0. The Kier molecular flexibility index (Phi) is 6.01. The molecule has 1 aromatic carbocycles. The van der Waals surface area contributed by atoms with Crippen molar-refractivity contribution in [2.45, 2.75) is 52.5 Å². The van der Waals surface area contributed by atoms with Crippen LogP contribution in [0, 0.1) is 5.41 Å². The summed E-state index contributed by atoms with van der Waals surface area (Å²) in [6.45, 7) is 8.92. The molecule has 0 bridgehead atoms. The van der Waals surface area contributed by atoms with Crippen LogP contribution in [0.3, 0.4) is 0 Å². The number of rotatable bonds is 4. The molecule has 1 N–H and O–H groups in total. The van der Waals surface area contributed by atoms with E-state index in [1.54, 1.807) is 0 Å². The predicted octanol–water partition coefficient (Wildman–Crippen LogP) is 3.77. The quantitative estimate of drug-likeness (QED) is 0.918. The number of likely N-dealkylation sites (tertiary alicyclic amines) is 1. The third kappa shape index (κ3) is 4.84. The van der Waals surface area contributed by atoms with Crippen molar-refractivity contribution in [3.05, 3.63) is 35.9 Å². The monoisotopic (exact) mass is 302 g/mol. The van der Waals surface area contributed by atoms with Crippen LogP contribution in [0.15, 0.2) is 30.3 Å². The molecule has 3 nitrogen and oxygen atoms in total. The van der Waals surface area contributed by atoms with Crippen LogP contribution >= 0.6 is 0 Å². The summed E-state index contributed by atoms with van der Waals surface area (Å²) in [5.74, 6) is 0.243. The van der Waals surface area contributed by atoms with E-state index in [1.165, 1.54) is 18.4 Å². The third-order valence-electron chi connectivity index (χ3n) is 4.42. The Morgan fingerprint density at radius 3 is 2.23 bits per heavy atom. The van der Waals surface area contributed by atoms with Gasteiger partial charge in [-0.15, -0.1) is 0 Å². The summed E-state index contributed by atoms with van der Waals surface area (Å²) >= 11 is 0. The molecule has 122 valence electrons. The van der Waals surface area contributed by atoms with Crippen molar-refractivity contribution in [2.24, 2.45) is 5.41 Å². The smallest absolute Gasteiger partial charge is 0.236 e. The summed E-state index contributed by atoms with van der Waals surface area (Å²) in [5.41, 5.74) is 1.32. The molecule has 1 aromatic rings. The molecule has 1 fully saturated rings. The third-order valence-corrected chi connectivity index (χ3v) is 4.42. The Labute approximate surface area is 135 Å².